The molecule has 4 heteroatoms. The maximum Gasteiger partial charge on any atom is 0.335 e. The fourth-order valence-electron chi connectivity index (χ4n) is 1.55. The van der Waals surface area contributed by atoms with E-state index in [1.165, 1.54) is 0 Å². The maximum atomic E-state index is 11.0. The van der Waals surface area contributed by atoms with Crippen molar-refractivity contribution in [2.24, 2.45) is 5.73 Å². The van der Waals surface area contributed by atoms with Crippen LogP contribution in [-0.4, -0.2) is 30.8 Å². The van der Waals surface area contributed by atoms with Crippen LogP contribution in [0.4, 0.5) is 0 Å². The zero-order chi connectivity index (χ0) is 8.55. The lowest BCUT2D eigenvalue weighted by Crippen LogP contribution is -2.44. The predicted molar refractivity (Wildman–Crippen MR) is 41.4 cm³/mol. The standard InChI is InChI=1S/C8H13NO3/c9-5-3-6(4-5)12-7-1-2-11-8(7)10/h5-7H,1-4,9H2. The lowest BCUT2D eigenvalue weighted by molar-refractivity contribution is -0.153. The van der Waals surface area contributed by atoms with Crippen LogP contribution in [0.25, 0.3) is 0 Å². The molecular formula is C8H13NO3. The summed E-state index contributed by atoms with van der Waals surface area (Å²) in [6.07, 6.45) is 2.33. The predicted octanol–water partition coefficient (Wildman–Crippen LogP) is -0.192. The lowest BCUT2D eigenvalue weighted by atomic mass is 9.90. The number of rotatable bonds is 2. The van der Waals surface area contributed by atoms with E-state index in [-0.39, 0.29) is 24.2 Å². The number of carbonyl (C=O) groups excluding carboxylic acids is 1. The minimum atomic E-state index is -0.317. The van der Waals surface area contributed by atoms with E-state index in [0.29, 0.717) is 13.0 Å². The largest absolute Gasteiger partial charge is 0.464 e. The summed E-state index contributed by atoms with van der Waals surface area (Å²) in [5, 5.41) is 0. The van der Waals surface area contributed by atoms with Gasteiger partial charge in [-0.1, -0.05) is 0 Å². The molecule has 1 saturated heterocycles. The molecule has 1 unspecified atom stereocenters. The van der Waals surface area contributed by atoms with Gasteiger partial charge in [0.2, 0.25) is 0 Å². The Hall–Kier alpha value is -0.610. The minimum absolute atomic E-state index is 0.190. The van der Waals surface area contributed by atoms with Crippen LogP contribution in [0.15, 0.2) is 0 Å². The molecule has 2 aliphatic rings. The Kier molecular flexibility index (Phi) is 2.02. The van der Waals surface area contributed by atoms with Gasteiger partial charge in [0.25, 0.3) is 0 Å². The summed E-state index contributed by atoms with van der Waals surface area (Å²) in [5.74, 6) is -0.213. The molecule has 0 amide bonds. The first-order valence-corrected chi connectivity index (χ1v) is 4.33. The number of hydrogen-bond acceptors (Lipinski definition) is 4. The molecule has 1 aliphatic carbocycles. The van der Waals surface area contributed by atoms with Crippen LogP contribution in [0.1, 0.15) is 19.3 Å². The molecule has 4 nitrogen and oxygen atoms in total. The summed E-state index contributed by atoms with van der Waals surface area (Å²) in [6, 6.07) is 0.271. The van der Waals surface area contributed by atoms with Gasteiger partial charge in [-0.3, -0.25) is 0 Å². The topological polar surface area (TPSA) is 61.6 Å². The first-order chi connectivity index (χ1) is 5.75. The van der Waals surface area contributed by atoms with Crippen LogP contribution in [0.5, 0.6) is 0 Å². The second-order valence-electron chi connectivity index (χ2n) is 3.43. The van der Waals surface area contributed by atoms with E-state index in [4.69, 9.17) is 15.2 Å². The Morgan fingerprint density at radius 3 is 2.75 bits per heavy atom. The monoisotopic (exact) mass is 171 g/mol. The average molecular weight is 171 g/mol. The summed E-state index contributed by atoms with van der Waals surface area (Å²) in [5.41, 5.74) is 5.58. The van der Waals surface area contributed by atoms with Gasteiger partial charge >= 0.3 is 5.97 Å². The van der Waals surface area contributed by atoms with Crippen molar-refractivity contribution in [1.29, 1.82) is 0 Å². The minimum Gasteiger partial charge on any atom is -0.464 e. The summed E-state index contributed by atoms with van der Waals surface area (Å²) >= 11 is 0. The molecule has 2 N–H and O–H groups in total. The Labute approximate surface area is 71.0 Å². The molecule has 0 spiro atoms. The highest BCUT2D eigenvalue weighted by Crippen LogP contribution is 2.25. The van der Waals surface area contributed by atoms with E-state index in [0.717, 1.165) is 12.8 Å². The Balaban J connectivity index is 1.76. The zero-order valence-electron chi connectivity index (χ0n) is 6.86. The van der Waals surface area contributed by atoms with Crippen molar-refractivity contribution in [3.05, 3.63) is 0 Å². The Morgan fingerprint density at radius 2 is 2.25 bits per heavy atom. The third-order valence-electron chi connectivity index (χ3n) is 2.38. The van der Waals surface area contributed by atoms with Crippen LogP contribution >= 0.6 is 0 Å². The second-order valence-corrected chi connectivity index (χ2v) is 3.43. The normalized spacial score (nSPS) is 40.8. The van der Waals surface area contributed by atoms with E-state index in [1.807, 2.05) is 0 Å². The van der Waals surface area contributed by atoms with Gasteiger partial charge < -0.3 is 15.2 Å². The summed E-state index contributed by atoms with van der Waals surface area (Å²) in [4.78, 5) is 11.0. The van der Waals surface area contributed by atoms with Crippen molar-refractivity contribution in [3.63, 3.8) is 0 Å². The van der Waals surface area contributed by atoms with Gasteiger partial charge in [-0.2, -0.15) is 0 Å². The molecule has 0 aromatic rings. The van der Waals surface area contributed by atoms with Crippen LogP contribution in [0.2, 0.25) is 0 Å². The van der Waals surface area contributed by atoms with Gasteiger partial charge in [0.05, 0.1) is 12.7 Å². The van der Waals surface area contributed by atoms with Crippen LogP contribution in [0, 0.1) is 0 Å². The van der Waals surface area contributed by atoms with Crippen molar-refractivity contribution < 1.29 is 14.3 Å². The zero-order valence-corrected chi connectivity index (χ0v) is 6.86. The molecule has 1 atom stereocenters. The number of cyclic esters (lactones) is 1. The molecule has 1 heterocycles. The summed E-state index contributed by atoms with van der Waals surface area (Å²) in [6.45, 7) is 0.502. The van der Waals surface area contributed by atoms with Gasteiger partial charge in [0, 0.05) is 12.5 Å². The van der Waals surface area contributed by atoms with E-state index in [2.05, 4.69) is 0 Å². The molecule has 0 radical (unpaired) electrons. The quantitative estimate of drug-likeness (QED) is 0.585. The summed E-state index contributed by atoms with van der Waals surface area (Å²) in [7, 11) is 0. The molecular weight excluding hydrogens is 158 g/mol. The number of esters is 1. The van der Waals surface area contributed by atoms with Crippen LogP contribution in [-0.2, 0) is 14.3 Å². The fraction of sp³-hybridized carbons (Fsp3) is 0.875. The van der Waals surface area contributed by atoms with Crippen molar-refractivity contribution in [1.82, 2.24) is 0 Å². The second kappa shape index (κ2) is 3.03. The van der Waals surface area contributed by atoms with Gasteiger partial charge in [0.1, 0.15) is 0 Å². The van der Waals surface area contributed by atoms with E-state index in [9.17, 15) is 4.79 Å². The Morgan fingerprint density at radius 1 is 1.50 bits per heavy atom. The molecule has 12 heavy (non-hydrogen) atoms. The summed E-state index contributed by atoms with van der Waals surface area (Å²) < 4.78 is 10.2. The van der Waals surface area contributed by atoms with Crippen molar-refractivity contribution in [2.75, 3.05) is 6.61 Å². The van der Waals surface area contributed by atoms with Crippen molar-refractivity contribution in [3.8, 4) is 0 Å². The molecule has 0 aromatic carbocycles. The molecule has 68 valence electrons. The highest BCUT2D eigenvalue weighted by Gasteiger charge is 2.34. The fourth-order valence-corrected chi connectivity index (χ4v) is 1.55. The van der Waals surface area contributed by atoms with Crippen LogP contribution in [0.3, 0.4) is 0 Å². The van der Waals surface area contributed by atoms with Gasteiger partial charge in [-0.15, -0.1) is 0 Å². The number of hydrogen-bond donors (Lipinski definition) is 1. The van der Waals surface area contributed by atoms with Gasteiger partial charge in [0.15, 0.2) is 6.10 Å². The highest BCUT2D eigenvalue weighted by molar-refractivity contribution is 5.76. The molecule has 2 rings (SSSR count). The number of nitrogens with two attached hydrogens (primary N) is 1. The number of carbonyl (C=O) groups is 1. The first-order valence-electron chi connectivity index (χ1n) is 4.33. The van der Waals surface area contributed by atoms with Crippen LogP contribution < -0.4 is 5.73 Å². The molecule has 1 saturated carbocycles. The highest BCUT2D eigenvalue weighted by atomic mass is 16.6. The van der Waals surface area contributed by atoms with E-state index >= 15 is 0 Å². The maximum absolute atomic E-state index is 11.0. The number of ether oxygens (including phenoxy) is 2. The molecule has 0 aromatic heterocycles. The van der Waals surface area contributed by atoms with Gasteiger partial charge in [-0.25, -0.2) is 4.79 Å². The molecule has 0 bridgehead atoms. The molecule has 2 fully saturated rings. The van der Waals surface area contributed by atoms with Crippen molar-refractivity contribution in [2.45, 2.75) is 37.5 Å². The van der Waals surface area contributed by atoms with Crippen molar-refractivity contribution >= 4 is 5.97 Å². The van der Waals surface area contributed by atoms with E-state index in [1.54, 1.807) is 0 Å². The smallest absolute Gasteiger partial charge is 0.335 e. The SMILES string of the molecule is NC1CC(OC2CCOC2=O)C1. The van der Waals surface area contributed by atoms with Gasteiger partial charge in [-0.05, 0) is 12.8 Å². The lowest BCUT2D eigenvalue weighted by Gasteiger charge is -2.33. The third-order valence-corrected chi connectivity index (χ3v) is 2.38. The average Bonchev–Trinajstić information content (AvgIpc) is 2.33. The molecule has 1 aliphatic heterocycles. The van der Waals surface area contributed by atoms with E-state index < -0.39 is 0 Å². The third kappa shape index (κ3) is 1.44. The first kappa shape index (κ1) is 8.01. The Bertz CT molecular complexity index is 189.